The molecular formula is C36H46N2O4. The summed E-state index contributed by atoms with van der Waals surface area (Å²) < 4.78 is 12.2. The monoisotopic (exact) mass is 570 g/mol. The normalized spacial score (nSPS) is 18.4. The number of aromatic nitrogens is 1. The fourth-order valence-electron chi connectivity index (χ4n) is 6.70. The lowest BCUT2D eigenvalue weighted by Crippen LogP contribution is -2.45. The van der Waals surface area contributed by atoms with Crippen LogP contribution in [0.2, 0.25) is 0 Å². The van der Waals surface area contributed by atoms with E-state index >= 15 is 0 Å². The van der Waals surface area contributed by atoms with Crippen LogP contribution in [0.1, 0.15) is 95.1 Å². The first-order chi connectivity index (χ1) is 20.0. The summed E-state index contributed by atoms with van der Waals surface area (Å²) in [6.07, 6.45) is 5.77. The molecule has 0 amide bonds. The smallest absolute Gasteiger partial charge is 0.306 e. The summed E-state index contributed by atoms with van der Waals surface area (Å²) in [5.41, 5.74) is 6.96. The Balaban J connectivity index is 1.49. The Labute approximate surface area is 251 Å². The molecule has 2 aliphatic rings. The number of benzene rings is 2. The fourth-order valence-corrected chi connectivity index (χ4v) is 6.70. The second-order valence-electron chi connectivity index (χ2n) is 13.4. The van der Waals surface area contributed by atoms with Crippen LogP contribution in [0, 0.1) is 11.8 Å². The van der Waals surface area contributed by atoms with E-state index in [1.807, 2.05) is 19.1 Å². The largest absolute Gasteiger partial charge is 0.485 e. The molecule has 0 radical (unpaired) electrons. The van der Waals surface area contributed by atoms with Gasteiger partial charge in [0.05, 0.1) is 13.0 Å². The number of pyridine rings is 1. The molecule has 1 fully saturated rings. The Bertz CT molecular complexity index is 1420. The number of methoxy groups -OCH3 is 1. The number of fused-ring (bicyclic) bond motifs is 1. The van der Waals surface area contributed by atoms with Gasteiger partial charge in [0, 0.05) is 30.4 Å². The summed E-state index contributed by atoms with van der Waals surface area (Å²) in [5, 5.41) is 9.78. The number of hydrogen-bond donors (Lipinski definition) is 1. The van der Waals surface area contributed by atoms with E-state index in [1.165, 1.54) is 22.3 Å². The molecule has 3 atom stereocenters. The molecule has 1 unspecified atom stereocenters. The van der Waals surface area contributed by atoms with Gasteiger partial charge in [0.1, 0.15) is 11.9 Å². The molecular weight excluding hydrogens is 524 g/mol. The molecule has 224 valence electrons. The van der Waals surface area contributed by atoms with Crippen molar-refractivity contribution in [2.24, 2.45) is 11.8 Å². The summed E-state index contributed by atoms with van der Waals surface area (Å²) in [6, 6.07) is 17.6. The molecule has 1 aromatic heterocycles. The summed E-state index contributed by atoms with van der Waals surface area (Å²) >= 11 is 0. The Morgan fingerprint density at radius 1 is 1.07 bits per heavy atom. The number of aliphatic carboxylic acids is 1. The van der Waals surface area contributed by atoms with Gasteiger partial charge in [-0.1, -0.05) is 37.3 Å². The van der Waals surface area contributed by atoms with Crippen LogP contribution in [0.3, 0.4) is 0 Å². The first kappa shape index (κ1) is 30.1. The quantitative estimate of drug-likeness (QED) is 0.266. The van der Waals surface area contributed by atoms with Gasteiger partial charge in [0.15, 0.2) is 0 Å². The van der Waals surface area contributed by atoms with Crippen molar-refractivity contribution in [3.63, 3.8) is 0 Å². The minimum atomic E-state index is -0.728. The van der Waals surface area contributed by atoms with Crippen molar-refractivity contribution in [1.82, 2.24) is 9.88 Å². The lowest BCUT2D eigenvalue weighted by Gasteiger charge is -2.39. The van der Waals surface area contributed by atoms with E-state index in [-0.39, 0.29) is 17.6 Å². The molecule has 1 saturated carbocycles. The third-order valence-electron chi connectivity index (χ3n) is 9.06. The van der Waals surface area contributed by atoms with Gasteiger partial charge in [-0.3, -0.25) is 9.69 Å². The van der Waals surface area contributed by atoms with Crippen molar-refractivity contribution in [3.05, 3.63) is 77.0 Å². The predicted molar refractivity (Wildman–Crippen MR) is 167 cm³/mol. The van der Waals surface area contributed by atoms with Crippen molar-refractivity contribution in [1.29, 1.82) is 0 Å². The third kappa shape index (κ3) is 6.49. The fraction of sp³-hybridized carbons (Fsp3) is 0.500. The minimum absolute atomic E-state index is 0.000753. The number of carboxylic acid groups (broad SMARTS) is 1. The summed E-state index contributed by atoms with van der Waals surface area (Å²) in [6.45, 7) is 14.0. The minimum Gasteiger partial charge on any atom is -0.485 e. The number of nitrogens with zero attached hydrogens (tertiary/aromatic N) is 2. The van der Waals surface area contributed by atoms with E-state index in [9.17, 15) is 9.90 Å². The molecule has 3 aromatic rings. The van der Waals surface area contributed by atoms with Gasteiger partial charge in [0.2, 0.25) is 5.88 Å². The molecule has 0 saturated heterocycles. The van der Waals surface area contributed by atoms with Gasteiger partial charge < -0.3 is 14.6 Å². The Morgan fingerprint density at radius 2 is 1.83 bits per heavy atom. The highest BCUT2D eigenvalue weighted by atomic mass is 16.5. The Kier molecular flexibility index (Phi) is 8.66. The van der Waals surface area contributed by atoms with Crippen molar-refractivity contribution >= 4 is 5.97 Å². The van der Waals surface area contributed by atoms with Gasteiger partial charge in [-0.05, 0) is 118 Å². The topological polar surface area (TPSA) is 71.9 Å². The maximum atomic E-state index is 11.9. The van der Waals surface area contributed by atoms with E-state index in [4.69, 9.17) is 9.47 Å². The van der Waals surface area contributed by atoms with Crippen LogP contribution in [0.25, 0.3) is 11.1 Å². The second kappa shape index (κ2) is 12.1. The van der Waals surface area contributed by atoms with Gasteiger partial charge in [-0.15, -0.1) is 0 Å². The van der Waals surface area contributed by atoms with E-state index in [1.54, 1.807) is 13.3 Å². The molecule has 1 aliphatic heterocycles. The first-order valence-corrected chi connectivity index (χ1v) is 15.4. The van der Waals surface area contributed by atoms with E-state index < -0.39 is 11.9 Å². The molecule has 5 rings (SSSR count). The van der Waals surface area contributed by atoms with Crippen LogP contribution >= 0.6 is 0 Å². The molecule has 1 aliphatic carbocycles. The second-order valence-corrected chi connectivity index (χ2v) is 13.4. The highest BCUT2D eigenvalue weighted by Crippen LogP contribution is 2.48. The van der Waals surface area contributed by atoms with Gasteiger partial charge in [-0.25, -0.2) is 4.98 Å². The molecule has 1 N–H and O–H groups in total. The zero-order valence-corrected chi connectivity index (χ0v) is 26.2. The number of hydrogen-bond acceptors (Lipinski definition) is 5. The lowest BCUT2D eigenvalue weighted by atomic mass is 9.82. The van der Waals surface area contributed by atoms with Crippen LogP contribution in [-0.2, 0) is 17.8 Å². The molecule has 0 spiro atoms. The molecule has 2 heterocycles. The number of rotatable bonds is 10. The molecule has 42 heavy (non-hydrogen) atoms. The van der Waals surface area contributed by atoms with Crippen molar-refractivity contribution in [2.75, 3.05) is 7.11 Å². The van der Waals surface area contributed by atoms with Crippen LogP contribution in [-0.4, -0.2) is 39.7 Å². The van der Waals surface area contributed by atoms with E-state index in [2.05, 4.69) is 80.9 Å². The van der Waals surface area contributed by atoms with Crippen LogP contribution < -0.4 is 9.47 Å². The molecule has 2 aromatic carbocycles. The van der Waals surface area contributed by atoms with Gasteiger partial charge in [0.25, 0.3) is 0 Å². The molecule has 6 heteroatoms. The number of aryl methyl sites for hydroxylation is 1. The zero-order valence-electron chi connectivity index (χ0n) is 26.2. The number of ether oxygens (including phenoxy) is 2. The average Bonchev–Trinajstić information content (AvgIpc) is 3.80. The van der Waals surface area contributed by atoms with Crippen LogP contribution in [0.15, 0.2) is 54.7 Å². The Morgan fingerprint density at radius 3 is 2.48 bits per heavy atom. The predicted octanol–water partition coefficient (Wildman–Crippen LogP) is 8.05. The van der Waals surface area contributed by atoms with Gasteiger partial charge in [-0.2, -0.15) is 0 Å². The highest BCUT2D eigenvalue weighted by molar-refractivity contribution is 5.71. The SMILES string of the molecule is COc1cc(-c2ccc([C@@H]3CCc4ccc(C(C5CC5)[C@H](C)C(=O)O)cc4O3)cc2CN(C(C)C)C(C)(C)C)ccn1. The third-order valence-corrected chi connectivity index (χ3v) is 9.06. The first-order valence-electron chi connectivity index (χ1n) is 15.4. The molecule has 6 nitrogen and oxygen atoms in total. The van der Waals surface area contributed by atoms with Crippen molar-refractivity contribution < 1.29 is 19.4 Å². The summed E-state index contributed by atoms with van der Waals surface area (Å²) in [5.74, 6) is 0.831. The van der Waals surface area contributed by atoms with Crippen molar-refractivity contribution in [2.45, 2.75) is 97.4 Å². The maximum absolute atomic E-state index is 11.9. The average molecular weight is 571 g/mol. The highest BCUT2D eigenvalue weighted by Gasteiger charge is 2.39. The standard InChI is InChI=1S/C36H46N2O4/c1-22(2)38(36(4,5)6)21-29-18-27(12-14-30(29)26-16-17-37-33(20-26)41-7)31-15-13-24-8-11-28(19-32(24)42-31)34(25-9-10-25)23(3)35(39)40/h8,11-12,14,16-20,22-23,25,31,34H,9-10,13,15,21H2,1-7H3,(H,39,40)/t23-,31-,34?/m0/s1. The number of carboxylic acids is 1. The number of carbonyl (C=O) groups is 1. The maximum Gasteiger partial charge on any atom is 0.306 e. The van der Waals surface area contributed by atoms with E-state index in [0.717, 1.165) is 49.1 Å². The van der Waals surface area contributed by atoms with E-state index in [0.29, 0.717) is 17.8 Å². The lowest BCUT2D eigenvalue weighted by molar-refractivity contribution is -0.142. The summed E-state index contributed by atoms with van der Waals surface area (Å²) in [4.78, 5) is 18.8. The Hall–Kier alpha value is -3.38. The molecule has 0 bridgehead atoms. The van der Waals surface area contributed by atoms with Crippen LogP contribution in [0.5, 0.6) is 11.6 Å². The summed E-state index contributed by atoms with van der Waals surface area (Å²) in [7, 11) is 1.65. The van der Waals surface area contributed by atoms with Gasteiger partial charge >= 0.3 is 5.97 Å². The van der Waals surface area contributed by atoms with Crippen molar-refractivity contribution in [3.8, 4) is 22.8 Å². The van der Waals surface area contributed by atoms with Crippen LogP contribution in [0.4, 0.5) is 0 Å². The zero-order chi connectivity index (χ0) is 30.2.